The van der Waals surface area contributed by atoms with Crippen LogP contribution in [0.5, 0.6) is 0 Å². The Balaban J connectivity index is 2.78. The molecule has 0 heterocycles. The van der Waals surface area contributed by atoms with Crippen molar-refractivity contribution in [3.05, 3.63) is 29.8 Å². The standard InChI is InChI=1S/C12H19N3S/c1-15(2)8-10-5-4-6-11(7-10)14-12(13)9-16-3/h4-7H,8-9H2,1-3H3,(H2,13,14). The lowest BCUT2D eigenvalue weighted by Crippen LogP contribution is -2.13. The molecule has 1 rings (SSSR count). The highest BCUT2D eigenvalue weighted by atomic mass is 32.2. The lowest BCUT2D eigenvalue weighted by molar-refractivity contribution is 0.402. The van der Waals surface area contributed by atoms with Gasteiger partial charge in [0.05, 0.1) is 11.4 Å². The van der Waals surface area contributed by atoms with Crippen molar-refractivity contribution >= 4 is 23.3 Å². The molecule has 16 heavy (non-hydrogen) atoms. The number of hydrogen-bond donors (Lipinski definition) is 1. The van der Waals surface area contributed by atoms with E-state index in [1.807, 2.05) is 18.4 Å². The molecule has 0 unspecified atom stereocenters. The minimum atomic E-state index is 0.675. The van der Waals surface area contributed by atoms with Crippen LogP contribution in [0.25, 0.3) is 0 Å². The molecule has 1 aromatic rings. The van der Waals surface area contributed by atoms with Crippen LogP contribution in [-0.2, 0) is 6.54 Å². The molecule has 0 bridgehead atoms. The first-order chi connectivity index (χ1) is 7.61. The highest BCUT2D eigenvalue weighted by molar-refractivity contribution is 7.99. The summed E-state index contributed by atoms with van der Waals surface area (Å²) in [5.74, 6) is 1.45. The fraction of sp³-hybridized carbons (Fsp3) is 0.417. The van der Waals surface area contributed by atoms with Crippen molar-refractivity contribution in [3.63, 3.8) is 0 Å². The summed E-state index contributed by atoms with van der Waals surface area (Å²) in [5.41, 5.74) is 7.98. The molecule has 0 fully saturated rings. The second-order valence-electron chi connectivity index (χ2n) is 3.94. The van der Waals surface area contributed by atoms with Gasteiger partial charge in [0.2, 0.25) is 0 Å². The van der Waals surface area contributed by atoms with Gasteiger partial charge in [-0.2, -0.15) is 11.8 Å². The van der Waals surface area contributed by atoms with Crippen molar-refractivity contribution in [1.82, 2.24) is 4.90 Å². The van der Waals surface area contributed by atoms with Gasteiger partial charge in [-0.05, 0) is 38.0 Å². The molecule has 0 saturated heterocycles. The molecular weight excluding hydrogens is 218 g/mol. The molecule has 2 N–H and O–H groups in total. The normalized spacial score (nSPS) is 12.1. The maximum atomic E-state index is 5.79. The van der Waals surface area contributed by atoms with Crippen LogP contribution in [0.3, 0.4) is 0 Å². The van der Waals surface area contributed by atoms with Crippen LogP contribution in [-0.4, -0.2) is 36.8 Å². The fourth-order valence-corrected chi connectivity index (χ4v) is 1.80. The quantitative estimate of drug-likeness (QED) is 0.630. The molecule has 0 aliphatic carbocycles. The van der Waals surface area contributed by atoms with Gasteiger partial charge in [0.15, 0.2) is 0 Å². The number of hydrogen-bond acceptors (Lipinski definition) is 3. The highest BCUT2D eigenvalue weighted by Gasteiger charge is 1.97. The first-order valence-electron chi connectivity index (χ1n) is 5.17. The molecule has 0 aromatic heterocycles. The Morgan fingerprint density at radius 2 is 2.19 bits per heavy atom. The van der Waals surface area contributed by atoms with Crippen LogP contribution in [0.1, 0.15) is 5.56 Å². The molecular formula is C12H19N3S. The number of amidine groups is 1. The van der Waals surface area contributed by atoms with Gasteiger partial charge in [0, 0.05) is 6.54 Å². The summed E-state index contributed by atoms with van der Waals surface area (Å²) in [6.45, 7) is 0.922. The maximum Gasteiger partial charge on any atom is 0.110 e. The van der Waals surface area contributed by atoms with E-state index in [1.54, 1.807) is 11.8 Å². The lowest BCUT2D eigenvalue weighted by Gasteiger charge is -2.09. The number of rotatable bonds is 5. The van der Waals surface area contributed by atoms with Crippen LogP contribution < -0.4 is 5.73 Å². The van der Waals surface area contributed by atoms with E-state index < -0.39 is 0 Å². The van der Waals surface area contributed by atoms with E-state index in [9.17, 15) is 0 Å². The molecule has 0 aliphatic heterocycles. The second-order valence-corrected chi connectivity index (χ2v) is 4.81. The van der Waals surface area contributed by atoms with Crippen molar-refractivity contribution in [3.8, 4) is 0 Å². The summed E-state index contributed by atoms with van der Waals surface area (Å²) in [7, 11) is 4.11. The van der Waals surface area contributed by atoms with Gasteiger partial charge in [-0.25, -0.2) is 4.99 Å². The third-order valence-corrected chi connectivity index (χ3v) is 2.56. The Labute approximate surface area is 102 Å². The average Bonchev–Trinajstić information content (AvgIpc) is 2.17. The molecule has 3 nitrogen and oxygen atoms in total. The van der Waals surface area contributed by atoms with Crippen molar-refractivity contribution in [1.29, 1.82) is 0 Å². The zero-order valence-corrected chi connectivity index (χ0v) is 10.9. The van der Waals surface area contributed by atoms with Crippen LogP contribution >= 0.6 is 11.8 Å². The molecule has 0 radical (unpaired) electrons. The van der Waals surface area contributed by atoms with Crippen LogP contribution in [0, 0.1) is 0 Å². The topological polar surface area (TPSA) is 41.6 Å². The van der Waals surface area contributed by atoms with Crippen LogP contribution in [0.2, 0.25) is 0 Å². The average molecular weight is 237 g/mol. The van der Waals surface area contributed by atoms with E-state index in [1.165, 1.54) is 5.56 Å². The minimum absolute atomic E-state index is 0.675. The summed E-state index contributed by atoms with van der Waals surface area (Å²) >= 11 is 1.68. The SMILES string of the molecule is CSCC(N)=Nc1cccc(CN(C)C)c1. The van der Waals surface area contributed by atoms with Gasteiger partial charge in [-0.3, -0.25) is 0 Å². The molecule has 0 aliphatic rings. The van der Waals surface area contributed by atoms with Gasteiger partial charge < -0.3 is 10.6 Å². The van der Waals surface area contributed by atoms with Gasteiger partial charge in [-0.15, -0.1) is 0 Å². The Hall–Kier alpha value is -1.00. The first kappa shape index (κ1) is 13.1. The fourth-order valence-electron chi connectivity index (χ4n) is 1.44. The lowest BCUT2D eigenvalue weighted by atomic mass is 10.2. The third-order valence-electron chi connectivity index (χ3n) is 1.97. The van der Waals surface area contributed by atoms with E-state index in [2.05, 4.69) is 36.1 Å². The maximum absolute atomic E-state index is 5.79. The summed E-state index contributed by atoms with van der Waals surface area (Å²) in [4.78, 5) is 6.50. The summed E-state index contributed by atoms with van der Waals surface area (Å²) in [6.07, 6.45) is 2.02. The van der Waals surface area contributed by atoms with Gasteiger partial charge in [-0.1, -0.05) is 12.1 Å². The Morgan fingerprint density at radius 3 is 2.81 bits per heavy atom. The largest absolute Gasteiger partial charge is 0.386 e. The van der Waals surface area contributed by atoms with E-state index in [-0.39, 0.29) is 0 Å². The number of nitrogens with two attached hydrogens (primary N) is 1. The molecule has 0 spiro atoms. The smallest absolute Gasteiger partial charge is 0.110 e. The van der Waals surface area contributed by atoms with Crippen LogP contribution in [0.15, 0.2) is 29.3 Å². The predicted octanol–water partition coefficient (Wildman–Crippen LogP) is 2.10. The molecule has 4 heteroatoms. The van der Waals surface area contributed by atoms with Crippen molar-refractivity contribution in [2.24, 2.45) is 10.7 Å². The Bertz CT molecular complexity index is 361. The number of aliphatic imine (C=N–C) groups is 1. The molecule has 0 atom stereocenters. The number of benzene rings is 1. The molecule has 0 saturated carbocycles. The first-order valence-corrected chi connectivity index (χ1v) is 6.57. The van der Waals surface area contributed by atoms with Gasteiger partial charge >= 0.3 is 0 Å². The van der Waals surface area contributed by atoms with Crippen LogP contribution in [0.4, 0.5) is 5.69 Å². The van der Waals surface area contributed by atoms with Gasteiger partial charge in [0.1, 0.15) is 5.84 Å². The highest BCUT2D eigenvalue weighted by Crippen LogP contribution is 2.15. The molecule has 0 amide bonds. The van der Waals surface area contributed by atoms with Gasteiger partial charge in [0.25, 0.3) is 0 Å². The van der Waals surface area contributed by atoms with Crippen molar-refractivity contribution in [2.75, 3.05) is 26.1 Å². The third kappa shape index (κ3) is 4.68. The second kappa shape index (κ2) is 6.55. The minimum Gasteiger partial charge on any atom is -0.386 e. The number of thioether (sulfide) groups is 1. The van der Waals surface area contributed by atoms with E-state index in [0.717, 1.165) is 18.0 Å². The molecule has 88 valence electrons. The van der Waals surface area contributed by atoms with Crippen molar-refractivity contribution in [2.45, 2.75) is 6.54 Å². The zero-order chi connectivity index (χ0) is 12.0. The molecule has 1 aromatic carbocycles. The van der Waals surface area contributed by atoms with E-state index in [0.29, 0.717) is 5.84 Å². The summed E-state index contributed by atoms with van der Waals surface area (Å²) in [5, 5.41) is 0. The summed E-state index contributed by atoms with van der Waals surface area (Å²) < 4.78 is 0. The van der Waals surface area contributed by atoms with E-state index in [4.69, 9.17) is 5.73 Å². The van der Waals surface area contributed by atoms with Crippen molar-refractivity contribution < 1.29 is 0 Å². The Kier molecular flexibility index (Phi) is 5.35. The number of nitrogens with zero attached hydrogens (tertiary/aromatic N) is 2. The summed E-state index contributed by atoms with van der Waals surface area (Å²) in [6, 6.07) is 8.17. The van der Waals surface area contributed by atoms with E-state index >= 15 is 0 Å². The Morgan fingerprint density at radius 1 is 1.44 bits per heavy atom. The zero-order valence-electron chi connectivity index (χ0n) is 10.1. The predicted molar refractivity (Wildman–Crippen MR) is 73.5 cm³/mol. The monoisotopic (exact) mass is 237 g/mol.